The molecule has 27 heavy (non-hydrogen) atoms. The number of nitrogens with one attached hydrogen (secondary N) is 2. The summed E-state index contributed by atoms with van der Waals surface area (Å²) in [6, 6.07) is 15.7. The molecule has 3 aromatic rings. The summed E-state index contributed by atoms with van der Waals surface area (Å²) in [4.78, 5) is 17.7. The van der Waals surface area contributed by atoms with Crippen LogP contribution < -0.4 is 10.2 Å². The van der Waals surface area contributed by atoms with E-state index in [-0.39, 0.29) is 11.7 Å². The van der Waals surface area contributed by atoms with E-state index in [1.807, 2.05) is 24.3 Å². The molecule has 1 aliphatic rings. The van der Waals surface area contributed by atoms with Gasteiger partial charge in [0.1, 0.15) is 11.5 Å². The lowest BCUT2D eigenvalue weighted by Crippen LogP contribution is -2.36. The molecule has 0 unspecified atom stereocenters. The predicted molar refractivity (Wildman–Crippen MR) is 104 cm³/mol. The maximum absolute atomic E-state index is 13.0. The molecule has 138 valence electrons. The van der Waals surface area contributed by atoms with Crippen LogP contribution in [0.15, 0.2) is 60.8 Å². The lowest BCUT2D eigenvalue weighted by atomic mass is 10.1. The Balaban J connectivity index is 1.42. The van der Waals surface area contributed by atoms with Crippen LogP contribution in [0.2, 0.25) is 0 Å². The maximum Gasteiger partial charge on any atom is 0.272 e. The first kappa shape index (κ1) is 17.3. The topological polar surface area (TPSA) is 57.4 Å². The van der Waals surface area contributed by atoms with Gasteiger partial charge in [-0.1, -0.05) is 12.1 Å². The first-order valence-corrected chi connectivity index (χ1v) is 8.87. The van der Waals surface area contributed by atoms with Gasteiger partial charge >= 0.3 is 0 Å². The van der Waals surface area contributed by atoms with E-state index in [1.165, 1.54) is 12.1 Å². The summed E-state index contributed by atoms with van der Waals surface area (Å²) in [5, 5.41) is 2.89. The number of hydrogen-bond donors (Lipinski definition) is 2. The zero-order valence-corrected chi connectivity index (χ0v) is 14.7. The van der Waals surface area contributed by atoms with Crippen LogP contribution in [-0.2, 0) is 4.74 Å². The number of halogens is 1. The van der Waals surface area contributed by atoms with Gasteiger partial charge in [0.05, 0.1) is 13.2 Å². The van der Waals surface area contributed by atoms with Gasteiger partial charge in [-0.25, -0.2) is 4.39 Å². The van der Waals surface area contributed by atoms with E-state index in [0.717, 1.165) is 48.8 Å². The molecule has 0 spiro atoms. The molecule has 2 N–H and O–H groups in total. The number of anilines is 2. The third-order valence-corrected chi connectivity index (χ3v) is 4.61. The molecule has 1 aromatic heterocycles. The zero-order valence-electron chi connectivity index (χ0n) is 14.7. The monoisotopic (exact) mass is 365 g/mol. The van der Waals surface area contributed by atoms with Crippen molar-refractivity contribution in [2.24, 2.45) is 0 Å². The van der Waals surface area contributed by atoms with Gasteiger partial charge in [0.25, 0.3) is 5.91 Å². The Labute approximate surface area is 156 Å². The Morgan fingerprint density at radius 3 is 2.41 bits per heavy atom. The van der Waals surface area contributed by atoms with Crippen LogP contribution in [0.1, 0.15) is 10.5 Å². The van der Waals surface area contributed by atoms with Gasteiger partial charge in [0.15, 0.2) is 0 Å². The predicted octanol–water partition coefficient (Wildman–Crippen LogP) is 3.91. The highest BCUT2D eigenvalue weighted by Crippen LogP contribution is 2.22. The minimum Gasteiger partial charge on any atom is -0.378 e. The van der Waals surface area contributed by atoms with Crippen LogP contribution in [0.3, 0.4) is 0 Å². The van der Waals surface area contributed by atoms with Gasteiger partial charge < -0.3 is 19.9 Å². The van der Waals surface area contributed by atoms with E-state index >= 15 is 0 Å². The van der Waals surface area contributed by atoms with Crippen molar-refractivity contribution in [3.05, 3.63) is 72.3 Å². The Morgan fingerprint density at radius 1 is 1.00 bits per heavy atom. The number of carbonyl (C=O) groups excluding carboxylic acids is 1. The van der Waals surface area contributed by atoms with Crippen LogP contribution in [-0.4, -0.2) is 37.2 Å². The van der Waals surface area contributed by atoms with Gasteiger partial charge in [-0.2, -0.15) is 0 Å². The van der Waals surface area contributed by atoms with Crippen molar-refractivity contribution in [2.75, 3.05) is 36.5 Å². The number of H-pyrrole nitrogens is 1. The lowest BCUT2D eigenvalue weighted by Gasteiger charge is -2.28. The maximum atomic E-state index is 13.0. The number of amides is 1. The van der Waals surface area contributed by atoms with Crippen LogP contribution in [0.4, 0.5) is 15.8 Å². The summed E-state index contributed by atoms with van der Waals surface area (Å²) in [7, 11) is 0. The van der Waals surface area contributed by atoms with Crippen LogP contribution in [0, 0.1) is 5.82 Å². The van der Waals surface area contributed by atoms with E-state index in [1.54, 1.807) is 24.4 Å². The SMILES string of the molecule is O=C(Nc1ccc(N2CCOCC2)cc1)c1cc(-c2ccc(F)cc2)c[nH]1. The van der Waals surface area contributed by atoms with Crippen molar-refractivity contribution in [1.82, 2.24) is 4.98 Å². The molecule has 6 heteroatoms. The largest absolute Gasteiger partial charge is 0.378 e. The second-order valence-corrected chi connectivity index (χ2v) is 6.41. The second kappa shape index (κ2) is 7.63. The number of aromatic nitrogens is 1. The van der Waals surface area contributed by atoms with E-state index in [2.05, 4.69) is 15.2 Å². The number of nitrogens with zero attached hydrogens (tertiary/aromatic N) is 1. The molecule has 2 heterocycles. The van der Waals surface area contributed by atoms with Crippen molar-refractivity contribution in [1.29, 1.82) is 0 Å². The van der Waals surface area contributed by atoms with E-state index < -0.39 is 0 Å². The second-order valence-electron chi connectivity index (χ2n) is 6.41. The smallest absolute Gasteiger partial charge is 0.272 e. The fourth-order valence-corrected chi connectivity index (χ4v) is 3.11. The summed E-state index contributed by atoms with van der Waals surface area (Å²) in [5.74, 6) is -0.504. The van der Waals surface area contributed by atoms with Crippen molar-refractivity contribution < 1.29 is 13.9 Å². The van der Waals surface area contributed by atoms with E-state index in [0.29, 0.717) is 5.69 Å². The van der Waals surface area contributed by atoms with Crippen molar-refractivity contribution in [2.45, 2.75) is 0 Å². The summed E-state index contributed by atoms with van der Waals surface area (Å²) >= 11 is 0. The zero-order chi connectivity index (χ0) is 18.6. The van der Waals surface area contributed by atoms with Crippen molar-refractivity contribution >= 4 is 17.3 Å². The summed E-state index contributed by atoms with van der Waals surface area (Å²) in [6.45, 7) is 3.23. The molecule has 0 atom stereocenters. The Morgan fingerprint density at radius 2 is 1.70 bits per heavy atom. The lowest BCUT2D eigenvalue weighted by molar-refractivity contribution is 0.102. The highest BCUT2D eigenvalue weighted by Gasteiger charge is 2.13. The molecule has 0 radical (unpaired) electrons. The molecule has 2 aromatic carbocycles. The fourth-order valence-electron chi connectivity index (χ4n) is 3.11. The third kappa shape index (κ3) is 4.01. The van der Waals surface area contributed by atoms with Crippen LogP contribution >= 0.6 is 0 Å². The quantitative estimate of drug-likeness (QED) is 0.737. The molecule has 1 saturated heterocycles. The van der Waals surface area contributed by atoms with E-state index in [9.17, 15) is 9.18 Å². The number of ether oxygens (including phenoxy) is 1. The molecule has 5 nitrogen and oxygen atoms in total. The fraction of sp³-hybridized carbons (Fsp3) is 0.190. The van der Waals surface area contributed by atoms with Crippen LogP contribution in [0.25, 0.3) is 11.1 Å². The minimum absolute atomic E-state index is 0.220. The minimum atomic E-state index is -0.284. The van der Waals surface area contributed by atoms with Crippen LogP contribution in [0.5, 0.6) is 0 Å². The molecular weight excluding hydrogens is 345 g/mol. The molecule has 1 fully saturated rings. The Bertz CT molecular complexity index is 913. The summed E-state index contributed by atoms with van der Waals surface area (Å²) < 4.78 is 18.4. The number of benzene rings is 2. The molecule has 1 aliphatic heterocycles. The first-order chi connectivity index (χ1) is 13.2. The number of morpholine rings is 1. The highest BCUT2D eigenvalue weighted by molar-refractivity contribution is 6.03. The van der Waals surface area contributed by atoms with Gasteiger partial charge in [-0.05, 0) is 53.6 Å². The molecule has 4 rings (SSSR count). The standard InChI is InChI=1S/C21H20FN3O2/c22-17-3-1-15(2-4-17)16-13-20(23-14-16)21(26)24-18-5-7-19(8-6-18)25-9-11-27-12-10-25/h1-8,13-14,23H,9-12H2,(H,24,26). The van der Waals surface area contributed by atoms with Crippen molar-refractivity contribution in [3.8, 4) is 11.1 Å². The molecular formula is C21H20FN3O2. The first-order valence-electron chi connectivity index (χ1n) is 8.87. The van der Waals surface area contributed by atoms with Gasteiger partial charge in [0.2, 0.25) is 0 Å². The number of rotatable bonds is 4. The average molecular weight is 365 g/mol. The number of carbonyl (C=O) groups is 1. The third-order valence-electron chi connectivity index (χ3n) is 4.61. The molecule has 0 bridgehead atoms. The summed E-state index contributed by atoms with van der Waals surface area (Å²) in [5.41, 5.74) is 3.99. The Hall–Kier alpha value is -3.12. The normalized spacial score (nSPS) is 14.2. The Kier molecular flexibility index (Phi) is 4.89. The van der Waals surface area contributed by atoms with Gasteiger partial charge in [-0.15, -0.1) is 0 Å². The molecule has 0 aliphatic carbocycles. The molecule has 1 amide bonds. The van der Waals surface area contributed by atoms with Gasteiger partial charge in [0, 0.05) is 30.7 Å². The molecule has 0 saturated carbocycles. The van der Waals surface area contributed by atoms with E-state index in [4.69, 9.17) is 4.74 Å². The number of hydrogen-bond acceptors (Lipinski definition) is 3. The number of aromatic amines is 1. The average Bonchev–Trinajstić information content (AvgIpc) is 3.20. The van der Waals surface area contributed by atoms with Gasteiger partial charge in [-0.3, -0.25) is 4.79 Å². The summed E-state index contributed by atoms with van der Waals surface area (Å²) in [6.07, 6.45) is 1.74. The highest BCUT2D eigenvalue weighted by atomic mass is 19.1. The van der Waals surface area contributed by atoms with Crippen molar-refractivity contribution in [3.63, 3.8) is 0 Å².